The van der Waals surface area contributed by atoms with Crippen molar-refractivity contribution in [1.29, 1.82) is 0 Å². The van der Waals surface area contributed by atoms with Gasteiger partial charge in [0.25, 0.3) is 0 Å². The van der Waals surface area contributed by atoms with Gasteiger partial charge in [0.1, 0.15) is 6.61 Å². The molecular weight excluding hydrogens is 250 g/mol. The molecule has 0 aliphatic carbocycles. The van der Waals surface area contributed by atoms with E-state index in [1.807, 2.05) is 0 Å². The monoisotopic (exact) mass is 258 g/mol. The second-order valence-electron chi connectivity index (χ2n) is 1.20. The van der Waals surface area contributed by atoms with Gasteiger partial charge in [-0.15, -0.1) is 0 Å². The van der Waals surface area contributed by atoms with Crippen molar-refractivity contribution in [3.8, 4) is 0 Å². The first-order chi connectivity index (χ1) is 4.91. The van der Waals surface area contributed by atoms with E-state index in [0.717, 1.165) is 0 Å². The van der Waals surface area contributed by atoms with Gasteiger partial charge in [-0.25, -0.2) is 0 Å². The van der Waals surface area contributed by atoms with E-state index in [-0.39, 0.29) is 103 Å². The molecule has 0 aromatic carbocycles. The zero-order valence-corrected chi connectivity index (χ0v) is 14.8. The first-order valence-electron chi connectivity index (χ1n) is 2.42. The maximum atomic E-state index is 8.52. The summed E-state index contributed by atoms with van der Waals surface area (Å²) >= 11 is 0. The third-order valence-electron chi connectivity index (χ3n) is 0.332. The Morgan fingerprint density at radius 1 is 1.23 bits per heavy atom. The summed E-state index contributed by atoms with van der Waals surface area (Å²) in [4.78, 5) is 0. The molecular formula is C5H8K2O5S. The van der Waals surface area contributed by atoms with E-state index < -0.39 is 10.4 Å². The van der Waals surface area contributed by atoms with Gasteiger partial charge in [-0.3, -0.25) is 8.42 Å². The Morgan fingerprint density at radius 2 is 1.54 bits per heavy atom. The van der Waals surface area contributed by atoms with E-state index in [9.17, 15) is 0 Å². The number of ether oxygens (including phenoxy) is 1. The Morgan fingerprint density at radius 3 is 1.62 bits per heavy atom. The average molecular weight is 258 g/mol. The van der Waals surface area contributed by atoms with Gasteiger partial charge in [0.15, 0.2) is 0 Å². The summed E-state index contributed by atoms with van der Waals surface area (Å²) in [6.45, 7) is 7.31. The molecule has 0 aliphatic heterocycles. The molecule has 8 heteroatoms. The Bertz CT molecular complexity index is 185. The Hall–Kier alpha value is 2.42. The normalized spacial score (nSPS) is 7.54. The molecule has 0 saturated heterocycles. The second kappa shape index (κ2) is 16.8. The van der Waals surface area contributed by atoms with Gasteiger partial charge < -0.3 is 13.8 Å². The standard InChI is InChI=1S/C5H8O.2K.H2O4S/c1-3-5-6-4-2;;;1-5(2,3)4/h3-4H,1-2,5H2;;;(H2,1,2,3,4)/q;2*+1;/p-2. The maximum absolute atomic E-state index is 8.52. The molecule has 0 N–H and O–H groups in total. The van der Waals surface area contributed by atoms with Crippen LogP contribution >= 0.6 is 0 Å². The fourth-order valence-corrected chi connectivity index (χ4v) is 0.136. The van der Waals surface area contributed by atoms with Crippen molar-refractivity contribution in [3.63, 3.8) is 0 Å². The predicted molar refractivity (Wildman–Crippen MR) is 36.8 cm³/mol. The van der Waals surface area contributed by atoms with Crippen molar-refractivity contribution >= 4 is 10.4 Å². The zero-order valence-electron chi connectivity index (χ0n) is 7.73. The molecule has 66 valence electrons. The molecule has 0 aromatic rings. The topological polar surface area (TPSA) is 89.5 Å². The van der Waals surface area contributed by atoms with Crippen molar-refractivity contribution in [2.75, 3.05) is 6.61 Å². The molecule has 13 heavy (non-hydrogen) atoms. The van der Waals surface area contributed by atoms with Crippen LogP contribution in [0.3, 0.4) is 0 Å². The number of hydrogen-bond acceptors (Lipinski definition) is 5. The SMILES string of the molecule is C=CCOC=C.O=S(=O)([O-])[O-].[K+].[K+]. The molecule has 0 heterocycles. The average Bonchev–Trinajstić information content (AvgIpc) is 1.79. The van der Waals surface area contributed by atoms with Crippen molar-refractivity contribution in [2.24, 2.45) is 0 Å². The van der Waals surface area contributed by atoms with Crippen LogP contribution in [0.5, 0.6) is 0 Å². The van der Waals surface area contributed by atoms with Crippen LogP contribution in [0.25, 0.3) is 0 Å². The zero-order chi connectivity index (χ0) is 9.33. The molecule has 0 bridgehead atoms. The number of hydrogen-bond donors (Lipinski definition) is 0. The Labute approximate surface area is 163 Å². The van der Waals surface area contributed by atoms with Crippen LogP contribution in [0.2, 0.25) is 0 Å². The quantitative estimate of drug-likeness (QED) is 0.126. The minimum atomic E-state index is -5.17. The largest absolute Gasteiger partial charge is 1.00 e. The molecule has 0 aromatic heterocycles. The number of rotatable bonds is 3. The summed E-state index contributed by atoms with van der Waals surface area (Å²) in [5.41, 5.74) is 0. The molecule has 0 aliphatic rings. The van der Waals surface area contributed by atoms with Gasteiger partial charge in [0, 0.05) is 10.4 Å². The predicted octanol–water partition coefficient (Wildman–Crippen LogP) is -6.00. The smallest absolute Gasteiger partial charge is 0.759 e. The minimum absolute atomic E-state index is 0. The fourth-order valence-electron chi connectivity index (χ4n) is 0.136. The molecule has 0 rings (SSSR count). The van der Waals surface area contributed by atoms with E-state index in [1.165, 1.54) is 6.26 Å². The van der Waals surface area contributed by atoms with Gasteiger partial charge in [-0.2, -0.15) is 0 Å². The van der Waals surface area contributed by atoms with Gasteiger partial charge in [-0.05, 0) is 0 Å². The van der Waals surface area contributed by atoms with Crippen LogP contribution in [0, 0.1) is 0 Å². The van der Waals surface area contributed by atoms with Crippen LogP contribution in [-0.2, 0) is 15.1 Å². The third kappa shape index (κ3) is 75.7. The van der Waals surface area contributed by atoms with Crippen molar-refractivity contribution in [2.45, 2.75) is 0 Å². The van der Waals surface area contributed by atoms with Crippen LogP contribution in [-0.4, -0.2) is 24.1 Å². The van der Waals surface area contributed by atoms with Crippen LogP contribution < -0.4 is 103 Å². The first kappa shape index (κ1) is 24.6. The first-order valence-corrected chi connectivity index (χ1v) is 3.75. The van der Waals surface area contributed by atoms with Crippen molar-refractivity contribution in [1.82, 2.24) is 0 Å². The molecule has 0 atom stereocenters. The minimum Gasteiger partial charge on any atom is -0.759 e. The molecule has 0 saturated carbocycles. The second-order valence-corrected chi connectivity index (χ2v) is 2.01. The van der Waals surface area contributed by atoms with E-state index in [1.54, 1.807) is 6.08 Å². The van der Waals surface area contributed by atoms with E-state index in [2.05, 4.69) is 17.9 Å². The molecule has 0 fully saturated rings. The fraction of sp³-hybridized carbons (Fsp3) is 0.200. The third-order valence-corrected chi connectivity index (χ3v) is 0.332. The summed E-state index contributed by atoms with van der Waals surface area (Å²) in [6, 6.07) is 0. The van der Waals surface area contributed by atoms with Crippen molar-refractivity contribution < 1.29 is 125 Å². The maximum Gasteiger partial charge on any atom is 1.00 e. The summed E-state index contributed by atoms with van der Waals surface area (Å²) in [5, 5.41) is 0. The molecule has 0 spiro atoms. The Balaban J connectivity index is -0.0000000546. The summed E-state index contributed by atoms with van der Waals surface area (Å²) in [5.74, 6) is 0. The van der Waals surface area contributed by atoms with Gasteiger partial charge in [-0.1, -0.05) is 19.2 Å². The van der Waals surface area contributed by atoms with E-state index >= 15 is 0 Å². The Kier molecular flexibility index (Phi) is 31.8. The van der Waals surface area contributed by atoms with E-state index in [0.29, 0.717) is 6.61 Å². The summed E-state index contributed by atoms with van der Waals surface area (Å²) < 4.78 is 38.7. The summed E-state index contributed by atoms with van der Waals surface area (Å²) in [7, 11) is -5.17. The van der Waals surface area contributed by atoms with Crippen LogP contribution in [0.4, 0.5) is 0 Å². The van der Waals surface area contributed by atoms with Gasteiger partial charge in [0.05, 0.1) is 6.26 Å². The van der Waals surface area contributed by atoms with Crippen LogP contribution in [0.1, 0.15) is 0 Å². The molecule has 0 amide bonds. The van der Waals surface area contributed by atoms with Gasteiger partial charge >= 0.3 is 103 Å². The summed E-state index contributed by atoms with van der Waals surface area (Å²) in [6.07, 6.45) is 3.06. The molecule has 0 radical (unpaired) electrons. The van der Waals surface area contributed by atoms with E-state index in [4.69, 9.17) is 17.5 Å². The molecule has 0 unspecified atom stereocenters. The van der Waals surface area contributed by atoms with Crippen molar-refractivity contribution in [3.05, 3.63) is 25.5 Å². The molecule has 5 nitrogen and oxygen atoms in total. The van der Waals surface area contributed by atoms with Crippen LogP contribution in [0.15, 0.2) is 25.5 Å². The van der Waals surface area contributed by atoms with Gasteiger partial charge in [0.2, 0.25) is 0 Å².